The zero-order valence-corrected chi connectivity index (χ0v) is 37.7. The van der Waals surface area contributed by atoms with Gasteiger partial charge in [0.1, 0.15) is 0 Å². The molecule has 0 fully saturated rings. The first-order chi connectivity index (χ1) is 25.9. The van der Waals surface area contributed by atoms with Gasteiger partial charge in [-0.3, -0.25) is 0 Å². The predicted molar refractivity (Wildman–Crippen MR) is 231 cm³/mol. The molecule has 0 aliphatic rings. The summed E-state index contributed by atoms with van der Waals surface area (Å²) in [6, 6.07) is 48.4. The smallest absolute Gasteiger partial charge is 1.00 e. The minimum absolute atomic E-state index is 0. The molecule has 5 heteroatoms. The molecule has 2 aromatic heterocycles. The van der Waals surface area contributed by atoms with E-state index in [0.717, 1.165) is 59.9 Å². The Morgan fingerprint density at radius 3 is 1.18 bits per heavy atom. The molecule has 57 heavy (non-hydrogen) atoms. The van der Waals surface area contributed by atoms with Gasteiger partial charge in [-0.1, -0.05) is 150 Å². The third-order valence-corrected chi connectivity index (χ3v) is 10.5. The zero-order chi connectivity index (χ0) is 38.0. The van der Waals surface area contributed by atoms with Gasteiger partial charge in [0.05, 0.1) is 23.0 Å². The minimum Gasteiger partial charge on any atom is -1.00 e. The first-order valence-electron chi connectivity index (χ1n) is 19.7. The Kier molecular flexibility index (Phi) is 15.3. The largest absolute Gasteiger partial charge is 4.00 e. The molecule has 0 aliphatic heterocycles. The molecular weight excluding hydrogens is 775 g/mol. The Hall–Kier alpha value is -4.05. The number of hydrogen-bond acceptors (Lipinski definition) is 2. The van der Waals surface area contributed by atoms with Gasteiger partial charge in [0, 0.05) is 12.8 Å². The molecule has 0 bridgehead atoms. The van der Waals surface area contributed by atoms with E-state index in [1.165, 1.54) is 54.9 Å². The van der Waals surface area contributed by atoms with Crippen molar-refractivity contribution >= 4 is 21.5 Å². The van der Waals surface area contributed by atoms with Gasteiger partial charge in [-0.15, -0.1) is 57.9 Å². The van der Waals surface area contributed by atoms with Gasteiger partial charge in [-0.05, 0) is 70.2 Å². The summed E-state index contributed by atoms with van der Waals surface area (Å²) in [6.45, 7) is 17.9. The molecule has 0 atom stereocenters. The summed E-state index contributed by atoms with van der Waals surface area (Å²) in [7, 11) is 0. The fraction of sp³-hybridized carbons (Fsp3) is 0.269. The Labute approximate surface area is 367 Å². The van der Waals surface area contributed by atoms with Crippen LogP contribution >= 0.6 is 0 Å². The fourth-order valence-corrected chi connectivity index (χ4v) is 7.38. The first-order valence-corrected chi connectivity index (χ1v) is 19.7. The number of aryl methyl sites for hydroxylation is 2. The Bertz CT molecular complexity index is 2300. The predicted octanol–water partition coefficient (Wildman–Crippen LogP) is 9.48. The quantitative estimate of drug-likeness (QED) is 0.113. The number of halogens is 2. The van der Waals surface area contributed by atoms with E-state index >= 15 is 0 Å². The van der Waals surface area contributed by atoms with Crippen molar-refractivity contribution in [2.24, 2.45) is 0 Å². The van der Waals surface area contributed by atoms with Crippen LogP contribution in [0.15, 0.2) is 142 Å². The van der Waals surface area contributed by atoms with Crippen LogP contribution in [0.25, 0.3) is 66.4 Å². The average Bonchev–Trinajstić information content (AvgIpc) is 3.97. The van der Waals surface area contributed by atoms with Crippen molar-refractivity contribution < 1.29 is 55.4 Å². The number of rotatable bonds is 8. The molecule has 0 amide bonds. The van der Waals surface area contributed by atoms with Crippen LogP contribution in [0.2, 0.25) is 0 Å². The van der Waals surface area contributed by atoms with E-state index in [4.69, 9.17) is 8.83 Å². The molecule has 6 aromatic carbocycles. The van der Waals surface area contributed by atoms with Crippen molar-refractivity contribution in [2.75, 3.05) is 0 Å². The molecule has 0 aliphatic carbocycles. The zero-order valence-electron chi connectivity index (χ0n) is 34.6. The molecular formula is C52H54Cl2O2Ti. The second-order valence-electron chi connectivity index (χ2n) is 16.8. The molecule has 0 saturated carbocycles. The molecule has 0 N–H and O–H groups in total. The van der Waals surface area contributed by atoms with Gasteiger partial charge >= 0.3 is 21.7 Å². The van der Waals surface area contributed by atoms with E-state index in [1.807, 2.05) is 0 Å². The third kappa shape index (κ3) is 10.3. The van der Waals surface area contributed by atoms with Crippen molar-refractivity contribution in [3.8, 4) is 44.9 Å². The van der Waals surface area contributed by atoms with Crippen molar-refractivity contribution in [3.05, 3.63) is 156 Å². The van der Waals surface area contributed by atoms with Crippen molar-refractivity contribution in [3.63, 3.8) is 0 Å². The molecule has 2 nitrogen and oxygen atoms in total. The van der Waals surface area contributed by atoms with E-state index in [1.54, 1.807) is 0 Å². The van der Waals surface area contributed by atoms with Crippen LogP contribution in [0.4, 0.5) is 0 Å². The van der Waals surface area contributed by atoms with Gasteiger partial charge in [-0.25, -0.2) is 0 Å². The summed E-state index contributed by atoms with van der Waals surface area (Å²) < 4.78 is 12.1. The maximum atomic E-state index is 6.04. The number of fused-ring (bicyclic) bond motifs is 2. The van der Waals surface area contributed by atoms with E-state index in [9.17, 15) is 0 Å². The molecule has 8 aromatic rings. The second-order valence-corrected chi connectivity index (χ2v) is 16.8. The number of benzene rings is 4. The first kappa shape index (κ1) is 45.7. The van der Waals surface area contributed by atoms with Gasteiger partial charge in [-0.2, -0.15) is 0 Å². The summed E-state index contributed by atoms with van der Waals surface area (Å²) in [5.74, 6) is 4.05. The number of furan rings is 2. The van der Waals surface area contributed by atoms with Gasteiger partial charge in [0.25, 0.3) is 0 Å². The maximum absolute atomic E-state index is 6.04. The maximum Gasteiger partial charge on any atom is 4.00 e. The Morgan fingerprint density at radius 2 is 0.842 bits per heavy atom. The summed E-state index contributed by atoms with van der Waals surface area (Å²) in [4.78, 5) is 0. The van der Waals surface area contributed by atoms with Gasteiger partial charge in [0.15, 0.2) is 0 Å². The van der Waals surface area contributed by atoms with Crippen LogP contribution < -0.4 is 24.8 Å². The SMILES string of the molecule is CCCc1ccc(-c2cc3c(-c4ccc(C(C)(C)C)cc4)cccc3[cH-]2)o1.CCCc1ccc(-c2cc3c(-c4ccc(C(C)(C)C)cc4)cccc3[cH-]2)o1.[Cl-].[Cl-].[Ti+4]. The van der Waals surface area contributed by atoms with Crippen molar-refractivity contribution in [1.82, 2.24) is 0 Å². The monoisotopic (exact) mass is 828 g/mol. The van der Waals surface area contributed by atoms with Crippen LogP contribution in [-0.2, 0) is 45.4 Å². The van der Waals surface area contributed by atoms with Gasteiger partial charge in [0.2, 0.25) is 0 Å². The summed E-state index contributed by atoms with van der Waals surface area (Å²) in [5.41, 5.74) is 10.5. The molecule has 292 valence electrons. The summed E-state index contributed by atoms with van der Waals surface area (Å²) in [5, 5.41) is 5.08. The topological polar surface area (TPSA) is 26.3 Å². The van der Waals surface area contributed by atoms with Crippen LogP contribution in [-0.4, -0.2) is 0 Å². The van der Waals surface area contributed by atoms with Crippen LogP contribution in [0.3, 0.4) is 0 Å². The molecule has 0 spiro atoms. The molecule has 8 rings (SSSR count). The van der Waals surface area contributed by atoms with Gasteiger partial charge < -0.3 is 33.6 Å². The van der Waals surface area contributed by atoms with Crippen molar-refractivity contribution in [2.45, 2.75) is 91.9 Å². The van der Waals surface area contributed by atoms with E-state index in [-0.39, 0.29) is 57.4 Å². The molecule has 0 radical (unpaired) electrons. The van der Waals surface area contributed by atoms with E-state index in [0.29, 0.717) is 0 Å². The van der Waals surface area contributed by atoms with E-state index in [2.05, 4.69) is 189 Å². The minimum atomic E-state index is 0. The Morgan fingerprint density at radius 1 is 0.474 bits per heavy atom. The summed E-state index contributed by atoms with van der Waals surface area (Å²) in [6.07, 6.45) is 4.19. The van der Waals surface area contributed by atoms with E-state index < -0.39 is 0 Å². The molecule has 0 unspecified atom stereocenters. The van der Waals surface area contributed by atoms with Crippen molar-refractivity contribution in [1.29, 1.82) is 0 Å². The summed E-state index contributed by atoms with van der Waals surface area (Å²) >= 11 is 0. The molecule has 0 saturated heterocycles. The fourth-order valence-electron chi connectivity index (χ4n) is 7.38. The third-order valence-electron chi connectivity index (χ3n) is 10.5. The second kappa shape index (κ2) is 19.1. The number of hydrogen-bond donors (Lipinski definition) is 0. The standard InChI is InChI=1S/2C26H27O.2ClH.Ti/c2*1-5-7-22-14-15-25(27-22)20-16-19-8-6-9-23(24(19)17-20)18-10-12-21(13-11-18)26(2,3)4;;;/h2*6,8-17H,5,7H2,1-4H3;2*1H;/q2*-1;;;+4/p-2. The normalized spacial score (nSPS) is 11.4. The molecule has 2 heterocycles. The van der Waals surface area contributed by atoms with Crippen LogP contribution in [0.1, 0.15) is 90.9 Å². The van der Waals surface area contributed by atoms with Crippen LogP contribution in [0, 0.1) is 0 Å². The average molecular weight is 830 g/mol. The van der Waals surface area contributed by atoms with Crippen LogP contribution in [0.5, 0.6) is 0 Å². The Balaban J connectivity index is 0.000000240.